The van der Waals surface area contributed by atoms with Crippen LogP contribution >= 0.6 is 0 Å². The number of likely N-dealkylation sites (tertiary alicyclic amines) is 1. The summed E-state index contributed by atoms with van der Waals surface area (Å²) in [6.07, 6.45) is 3.61. The summed E-state index contributed by atoms with van der Waals surface area (Å²) < 4.78 is 20.3. The monoisotopic (exact) mass is 513 g/mol. The Labute approximate surface area is 220 Å². The van der Waals surface area contributed by atoms with Crippen LogP contribution < -0.4 is 10.1 Å². The van der Waals surface area contributed by atoms with Gasteiger partial charge < -0.3 is 15.0 Å². The van der Waals surface area contributed by atoms with Crippen LogP contribution in [0.3, 0.4) is 0 Å². The van der Waals surface area contributed by atoms with E-state index in [2.05, 4.69) is 15.4 Å². The van der Waals surface area contributed by atoms with Gasteiger partial charge in [0.1, 0.15) is 36.5 Å². The lowest BCUT2D eigenvalue weighted by molar-refractivity contribution is -0.138. The number of hydrogen-bond donors (Lipinski definition) is 1. The van der Waals surface area contributed by atoms with Crippen LogP contribution in [0.4, 0.5) is 4.39 Å². The second kappa shape index (κ2) is 11.8. The quantitative estimate of drug-likeness (QED) is 0.347. The molecule has 1 fully saturated rings. The maximum atomic E-state index is 13.4. The van der Waals surface area contributed by atoms with Crippen LogP contribution in [0, 0.1) is 5.82 Å². The maximum Gasteiger partial charge on any atom is 0.245 e. The molecule has 3 aromatic carbocycles. The van der Waals surface area contributed by atoms with Gasteiger partial charge in [0.2, 0.25) is 5.91 Å². The van der Waals surface area contributed by atoms with Crippen LogP contribution in [-0.4, -0.2) is 50.0 Å². The number of hydrogen-bond acceptors (Lipinski definition) is 6. The number of carbonyl (C=O) groups is 2. The molecule has 2 atom stereocenters. The number of nitrogens with one attached hydrogen (secondary N) is 1. The van der Waals surface area contributed by atoms with E-state index < -0.39 is 6.04 Å². The van der Waals surface area contributed by atoms with Crippen molar-refractivity contribution in [2.75, 3.05) is 6.54 Å². The van der Waals surface area contributed by atoms with E-state index in [9.17, 15) is 14.0 Å². The van der Waals surface area contributed by atoms with Gasteiger partial charge in [-0.15, -0.1) is 0 Å². The van der Waals surface area contributed by atoms with E-state index in [1.807, 2.05) is 42.5 Å². The largest absolute Gasteiger partial charge is 0.457 e. The van der Waals surface area contributed by atoms with Crippen molar-refractivity contribution in [3.8, 4) is 11.5 Å². The van der Waals surface area contributed by atoms with Gasteiger partial charge in [0.25, 0.3) is 0 Å². The van der Waals surface area contributed by atoms with Crippen LogP contribution in [-0.2, 0) is 29.1 Å². The Morgan fingerprint density at radius 1 is 0.947 bits per heavy atom. The van der Waals surface area contributed by atoms with Crippen LogP contribution in [0.15, 0.2) is 91.5 Å². The molecule has 0 radical (unpaired) electrons. The predicted molar refractivity (Wildman–Crippen MR) is 139 cm³/mol. The Bertz CT molecular complexity index is 1350. The van der Waals surface area contributed by atoms with E-state index in [0.29, 0.717) is 31.0 Å². The highest BCUT2D eigenvalue weighted by molar-refractivity contribution is 5.91. The molecule has 4 aromatic rings. The Balaban J connectivity index is 1.24. The molecular formula is C29H28FN5O3. The Kier molecular flexibility index (Phi) is 7.84. The van der Waals surface area contributed by atoms with Crippen molar-refractivity contribution >= 4 is 11.7 Å². The molecule has 38 heavy (non-hydrogen) atoms. The number of rotatable bonds is 10. The minimum Gasteiger partial charge on any atom is -0.457 e. The van der Waals surface area contributed by atoms with E-state index in [4.69, 9.17) is 4.74 Å². The number of Topliss-reactive ketones (excluding diaryl/α,β-unsaturated/α-hetero) is 1. The fourth-order valence-electron chi connectivity index (χ4n) is 4.60. The molecule has 9 heteroatoms. The van der Waals surface area contributed by atoms with Gasteiger partial charge in [-0.1, -0.05) is 42.5 Å². The molecule has 1 amide bonds. The SMILES string of the molecule is O=C(Cc1ccc(Oc2ccc(F)cc2)cc1)[C@@H]1C[C@@H](NCc2ccccc2)CN1C(=O)Cn1cncn1. The molecule has 1 aliphatic heterocycles. The van der Waals surface area contributed by atoms with Crippen LogP contribution in [0.2, 0.25) is 0 Å². The molecule has 1 N–H and O–H groups in total. The Morgan fingerprint density at radius 3 is 2.34 bits per heavy atom. The van der Waals surface area contributed by atoms with Crippen molar-refractivity contribution in [2.45, 2.75) is 38.0 Å². The number of nitrogens with zero attached hydrogens (tertiary/aromatic N) is 4. The van der Waals surface area contributed by atoms with Gasteiger partial charge in [0.15, 0.2) is 5.78 Å². The lowest BCUT2D eigenvalue weighted by Gasteiger charge is -2.23. The molecular weight excluding hydrogens is 485 g/mol. The standard InChI is InChI=1S/C29H28FN5O3/c30-23-8-12-26(13-9-23)38-25-10-6-21(7-11-25)14-28(36)27-15-24(32-16-22-4-2-1-3-5-22)17-35(27)29(37)18-34-20-31-19-33-34/h1-13,19-20,24,27,32H,14-18H2/t24-,27+/m1/s1. The van der Waals surface area contributed by atoms with Crippen molar-refractivity contribution in [3.05, 3.63) is 108 Å². The van der Waals surface area contributed by atoms with Crippen molar-refractivity contribution in [3.63, 3.8) is 0 Å². The first-order valence-electron chi connectivity index (χ1n) is 12.5. The van der Waals surface area contributed by atoms with Crippen LogP contribution in [0.25, 0.3) is 0 Å². The highest BCUT2D eigenvalue weighted by Gasteiger charge is 2.39. The highest BCUT2D eigenvalue weighted by atomic mass is 19.1. The first-order valence-corrected chi connectivity index (χ1v) is 12.5. The van der Waals surface area contributed by atoms with Crippen molar-refractivity contribution in [1.29, 1.82) is 0 Å². The number of benzene rings is 3. The summed E-state index contributed by atoms with van der Waals surface area (Å²) in [5, 5.41) is 7.53. The van der Waals surface area contributed by atoms with E-state index in [1.165, 1.54) is 29.5 Å². The summed E-state index contributed by atoms with van der Waals surface area (Å²) in [5.41, 5.74) is 1.97. The fourth-order valence-corrected chi connectivity index (χ4v) is 4.60. The lowest BCUT2D eigenvalue weighted by Crippen LogP contribution is -2.43. The smallest absolute Gasteiger partial charge is 0.245 e. The zero-order valence-corrected chi connectivity index (χ0v) is 20.7. The summed E-state index contributed by atoms with van der Waals surface area (Å²) >= 11 is 0. The molecule has 0 unspecified atom stereocenters. The number of halogens is 1. The summed E-state index contributed by atoms with van der Waals surface area (Å²) in [4.78, 5) is 32.2. The topological polar surface area (TPSA) is 89.4 Å². The van der Waals surface area contributed by atoms with Crippen molar-refractivity contribution in [1.82, 2.24) is 25.0 Å². The average molecular weight is 514 g/mol. The number of aromatic nitrogens is 3. The fraction of sp³-hybridized carbons (Fsp3) is 0.241. The minimum absolute atomic E-state index is 0.00432. The molecule has 0 saturated carbocycles. The summed E-state index contributed by atoms with van der Waals surface area (Å²) in [5.74, 6) is 0.596. The number of ketones is 1. The predicted octanol–water partition coefficient (Wildman–Crippen LogP) is 3.78. The molecule has 0 aliphatic carbocycles. The average Bonchev–Trinajstić information content (AvgIpc) is 3.61. The molecule has 1 saturated heterocycles. The summed E-state index contributed by atoms with van der Waals surface area (Å²) in [7, 11) is 0. The van der Waals surface area contributed by atoms with Crippen LogP contribution in [0.5, 0.6) is 11.5 Å². The third kappa shape index (κ3) is 6.49. The normalized spacial score (nSPS) is 16.9. The van der Waals surface area contributed by atoms with Gasteiger partial charge >= 0.3 is 0 Å². The maximum absolute atomic E-state index is 13.4. The molecule has 5 rings (SSSR count). The molecule has 0 spiro atoms. The first-order chi connectivity index (χ1) is 18.5. The zero-order chi connectivity index (χ0) is 26.3. The van der Waals surface area contributed by atoms with E-state index in [0.717, 1.165) is 11.1 Å². The Hall–Kier alpha value is -4.37. The highest BCUT2D eigenvalue weighted by Crippen LogP contribution is 2.24. The minimum atomic E-state index is -0.533. The van der Waals surface area contributed by atoms with Gasteiger partial charge in [-0.25, -0.2) is 14.1 Å². The van der Waals surface area contributed by atoms with Crippen LogP contribution in [0.1, 0.15) is 17.5 Å². The summed E-state index contributed by atoms with van der Waals surface area (Å²) in [6.45, 7) is 1.14. The van der Waals surface area contributed by atoms with E-state index in [-0.39, 0.29) is 36.5 Å². The van der Waals surface area contributed by atoms with Gasteiger partial charge in [0, 0.05) is 25.6 Å². The summed E-state index contributed by atoms with van der Waals surface area (Å²) in [6, 6.07) is 22.5. The van der Waals surface area contributed by atoms with E-state index in [1.54, 1.807) is 29.2 Å². The number of ether oxygens (including phenoxy) is 1. The van der Waals surface area contributed by atoms with Gasteiger partial charge in [-0.05, 0) is 53.9 Å². The third-order valence-corrected chi connectivity index (χ3v) is 6.55. The zero-order valence-electron chi connectivity index (χ0n) is 20.7. The number of carbonyl (C=O) groups excluding carboxylic acids is 2. The van der Waals surface area contributed by atoms with Gasteiger partial charge in [0.05, 0.1) is 6.04 Å². The second-order valence-corrected chi connectivity index (χ2v) is 9.30. The Morgan fingerprint density at radius 2 is 1.66 bits per heavy atom. The number of amides is 1. The molecule has 1 aromatic heterocycles. The van der Waals surface area contributed by atoms with Gasteiger partial charge in [-0.2, -0.15) is 5.10 Å². The lowest BCUT2D eigenvalue weighted by atomic mass is 10.0. The van der Waals surface area contributed by atoms with Gasteiger partial charge in [-0.3, -0.25) is 9.59 Å². The third-order valence-electron chi connectivity index (χ3n) is 6.55. The molecule has 2 heterocycles. The molecule has 194 valence electrons. The van der Waals surface area contributed by atoms with Crippen molar-refractivity contribution < 1.29 is 18.7 Å². The second-order valence-electron chi connectivity index (χ2n) is 9.30. The molecule has 0 bridgehead atoms. The van der Waals surface area contributed by atoms with E-state index >= 15 is 0 Å². The molecule has 8 nitrogen and oxygen atoms in total. The molecule has 1 aliphatic rings. The first kappa shape index (κ1) is 25.3. The van der Waals surface area contributed by atoms with Crippen molar-refractivity contribution in [2.24, 2.45) is 0 Å².